The number of nitrogens with one attached hydrogen (secondary N) is 1. The number of methoxy groups -OCH3 is 1. The van der Waals surface area contributed by atoms with E-state index in [0.29, 0.717) is 26.9 Å². The van der Waals surface area contributed by atoms with Gasteiger partial charge in [0.2, 0.25) is 0 Å². The number of halogens is 2. The van der Waals surface area contributed by atoms with E-state index in [2.05, 4.69) is 33.1 Å². The molecule has 0 heterocycles. The van der Waals surface area contributed by atoms with Crippen molar-refractivity contribution in [2.75, 3.05) is 12.4 Å². The van der Waals surface area contributed by atoms with Crippen LogP contribution in [-0.2, 0) is 4.74 Å². The van der Waals surface area contributed by atoms with Crippen LogP contribution in [0, 0.1) is 17.7 Å². The van der Waals surface area contributed by atoms with Gasteiger partial charge in [-0.25, -0.2) is 9.18 Å². The Hall–Kier alpha value is -3.43. The molecule has 0 saturated carbocycles. The van der Waals surface area contributed by atoms with Crippen LogP contribution in [0.1, 0.15) is 31.8 Å². The van der Waals surface area contributed by atoms with Gasteiger partial charge in [-0.15, -0.1) is 0 Å². The second-order valence-electron chi connectivity index (χ2n) is 5.98. The zero-order valence-corrected chi connectivity index (χ0v) is 16.9. The Kier molecular flexibility index (Phi) is 6.43. The van der Waals surface area contributed by atoms with Crippen LogP contribution in [0.2, 0.25) is 0 Å². The Bertz CT molecular complexity index is 1150. The molecule has 1 amide bonds. The Morgan fingerprint density at radius 3 is 2.38 bits per heavy atom. The van der Waals surface area contributed by atoms with Gasteiger partial charge in [-0.05, 0) is 70.5 Å². The molecule has 0 spiro atoms. The van der Waals surface area contributed by atoms with E-state index >= 15 is 0 Å². The maximum Gasteiger partial charge on any atom is 0.337 e. The summed E-state index contributed by atoms with van der Waals surface area (Å²) >= 11 is 3.25. The number of carbonyl (C=O) groups excluding carboxylic acids is 2. The van der Waals surface area contributed by atoms with Crippen molar-refractivity contribution in [1.29, 1.82) is 0 Å². The maximum atomic E-state index is 13.4. The Morgan fingerprint density at radius 1 is 0.966 bits per heavy atom. The van der Waals surface area contributed by atoms with Crippen molar-refractivity contribution in [1.82, 2.24) is 0 Å². The molecule has 3 aromatic rings. The molecular formula is C23H15BrFNO3. The van der Waals surface area contributed by atoms with Gasteiger partial charge in [-0.2, -0.15) is 0 Å². The highest BCUT2D eigenvalue weighted by molar-refractivity contribution is 9.10. The monoisotopic (exact) mass is 451 g/mol. The standard InChI is InChI=1S/C23H15BrFNO3/c1-29-23(28)17-6-2-4-15(12-17)8-9-16-5-3-7-19(13-16)26-22(27)20-14-18(25)10-11-21(20)24/h2-7,10-14H,1H3,(H,26,27). The molecule has 144 valence electrons. The lowest BCUT2D eigenvalue weighted by molar-refractivity contribution is 0.0600. The largest absolute Gasteiger partial charge is 0.465 e. The lowest BCUT2D eigenvalue weighted by Crippen LogP contribution is -2.13. The van der Waals surface area contributed by atoms with Gasteiger partial charge in [0.25, 0.3) is 5.91 Å². The lowest BCUT2D eigenvalue weighted by atomic mass is 10.1. The average Bonchev–Trinajstić information content (AvgIpc) is 2.73. The molecule has 0 radical (unpaired) electrons. The summed E-state index contributed by atoms with van der Waals surface area (Å²) in [5.41, 5.74) is 2.47. The summed E-state index contributed by atoms with van der Waals surface area (Å²) in [4.78, 5) is 24.0. The Labute approximate surface area is 175 Å². The van der Waals surface area contributed by atoms with E-state index in [4.69, 9.17) is 4.74 Å². The van der Waals surface area contributed by atoms with Gasteiger partial charge >= 0.3 is 5.97 Å². The number of benzene rings is 3. The van der Waals surface area contributed by atoms with Gasteiger partial charge in [-0.1, -0.05) is 24.0 Å². The first-order valence-electron chi connectivity index (χ1n) is 8.53. The third-order valence-electron chi connectivity index (χ3n) is 3.93. The number of carbonyl (C=O) groups is 2. The van der Waals surface area contributed by atoms with Crippen LogP contribution in [0.3, 0.4) is 0 Å². The smallest absolute Gasteiger partial charge is 0.337 e. The van der Waals surface area contributed by atoms with Crippen molar-refractivity contribution < 1.29 is 18.7 Å². The molecule has 3 rings (SSSR count). The molecule has 0 saturated heterocycles. The fraction of sp³-hybridized carbons (Fsp3) is 0.0435. The highest BCUT2D eigenvalue weighted by Gasteiger charge is 2.11. The van der Waals surface area contributed by atoms with E-state index in [1.807, 2.05) is 0 Å². The summed E-state index contributed by atoms with van der Waals surface area (Å²) in [7, 11) is 1.32. The van der Waals surface area contributed by atoms with Gasteiger partial charge in [0.1, 0.15) is 5.82 Å². The number of ether oxygens (including phenoxy) is 1. The first-order valence-corrected chi connectivity index (χ1v) is 9.32. The maximum absolute atomic E-state index is 13.4. The van der Waals surface area contributed by atoms with Gasteiger partial charge < -0.3 is 10.1 Å². The van der Waals surface area contributed by atoms with Crippen LogP contribution < -0.4 is 5.32 Å². The zero-order valence-electron chi connectivity index (χ0n) is 15.3. The summed E-state index contributed by atoms with van der Waals surface area (Å²) in [5, 5.41) is 2.73. The molecule has 0 aliphatic carbocycles. The number of hydrogen-bond donors (Lipinski definition) is 1. The van der Waals surface area contributed by atoms with Crippen LogP contribution in [0.25, 0.3) is 0 Å². The van der Waals surface area contributed by atoms with Gasteiger partial charge in [0.15, 0.2) is 0 Å². The molecule has 0 bridgehead atoms. The number of rotatable bonds is 3. The Morgan fingerprint density at radius 2 is 1.66 bits per heavy atom. The molecule has 0 aromatic heterocycles. The summed E-state index contributed by atoms with van der Waals surface area (Å²) in [6.07, 6.45) is 0. The Balaban J connectivity index is 1.79. The van der Waals surface area contributed by atoms with Crippen molar-refractivity contribution in [2.24, 2.45) is 0 Å². The lowest BCUT2D eigenvalue weighted by Gasteiger charge is -2.07. The molecule has 0 aliphatic heterocycles. The zero-order chi connectivity index (χ0) is 20.8. The van der Waals surface area contributed by atoms with E-state index < -0.39 is 17.7 Å². The first kappa shape index (κ1) is 20.3. The highest BCUT2D eigenvalue weighted by atomic mass is 79.9. The third kappa shape index (κ3) is 5.31. The second-order valence-corrected chi connectivity index (χ2v) is 6.84. The molecule has 29 heavy (non-hydrogen) atoms. The van der Waals surface area contributed by atoms with Crippen molar-refractivity contribution in [3.63, 3.8) is 0 Å². The van der Waals surface area contributed by atoms with E-state index in [0.717, 1.165) is 6.07 Å². The predicted octanol–water partition coefficient (Wildman–Crippen LogP) is 5.03. The molecule has 4 nitrogen and oxygen atoms in total. The molecule has 1 N–H and O–H groups in total. The summed E-state index contributed by atoms with van der Waals surface area (Å²) in [6, 6.07) is 17.7. The molecule has 3 aromatic carbocycles. The van der Waals surface area contributed by atoms with E-state index in [9.17, 15) is 14.0 Å². The number of anilines is 1. The van der Waals surface area contributed by atoms with Crippen LogP contribution in [0.15, 0.2) is 71.2 Å². The topological polar surface area (TPSA) is 55.4 Å². The number of esters is 1. The molecule has 0 atom stereocenters. The molecule has 0 aliphatic rings. The summed E-state index contributed by atoms with van der Waals surface area (Å²) in [5.74, 6) is 4.62. The first-order chi connectivity index (χ1) is 14.0. The molecule has 0 unspecified atom stereocenters. The molecule has 6 heteroatoms. The van der Waals surface area contributed by atoms with E-state index in [1.165, 1.54) is 19.2 Å². The quantitative estimate of drug-likeness (QED) is 0.448. The fourth-order valence-corrected chi connectivity index (χ4v) is 2.96. The average molecular weight is 452 g/mol. The van der Waals surface area contributed by atoms with Crippen molar-refractivity contribution in [2.45, 2.75) is 0 Å². The van der Waals surface area contributed by atoms with Crippen molar-refractivity contribution >= 4 is 33.5 Å². The predicted molar refractivity (Wildman–Crippen MR) is 112 cm³/mol. The van der Waals surface area contributed by atoms with Gasteiger partial charge in [0, 0.05) is 21.3 Å². The third-order valence-corrected chi connectivity index (χ3v) is 4.62. The van der Waals surface area contributed by atoms with Crippen molar-refractivity contribution in [3.8, 4) is 11.8 Å². The molecule has 0 fully saturated rings. The minimum Gasteiger partial charge on any atom is -0.465 e. The second kappa shape index (κ2) is 9.18. The van der Waals surface area contributed by atoms with Crippen molar-refractivity contribution in [3.05, 3.63) is 99.3 Å². The summed E-state index contributed by atoms with van der Waals surface area (Å²) < 4.78 is 18.6. The SMILES string of the molecule is COC(=O)c1cccc(C#Cc2cccc(NC(=O)c3cc(F)ccc3Br)c2)c1. The minimum atomic E-state index is -0.493. The van der Waals surface area contributed by atoms with Crippen LogP contribution >= 0.6 is 15.9 Å². The molecular weight excluding hydrogens is 437 g/mol. The van der Waals surface area contributed by atoms with E-state index in [-0.39, 0.29) is 5.56 Å². The van der Waals surface area contributed by atoms with Gasteiger partial charge in [-0.3, -0.25) is 4.79 Å². The summed E-state index contributed by atoms with van der Waals surface area (Å²) in [6.45, 7) is 0. The van der Waals surface area contributed by atoms with E-state index in [1.54, 1.807) is 48.5 Å². The highest BCUT2D eigenvalue weighted by Crippen LogP contribution is 2.20. The number of amides is 1. The van der Waals surface area contributed by atoms with Crippen LogP contribution in [0.4, 0.5) is 10.1 Å². The van der Waals surface area contributed by atoms with Crippen LogP contribution in [0.5, 0.6) is 0 Å². The fourth-order valence-electron chi connectivity index (χ4n) is 2.53. The minimum absolute atomic E-state index is 0.195. The number of hydrogen-bond acceptors (Lipinski definition) is 3. The normalized spacial score (nSPS) is 9.90. The van der Waals surface area contributed by atoms with Gasteiger partial charge in [0.05, 0.1) is 18.2 Å². The van der Waals surface area contributed by atoms with Crippen LogP contribution in [-0.4, -0.2) is 19.0 Å².